The Labute approximate surface area is 147 Å². The average molecular weight is 360 g/mol. The molecule has 0 saturated carbocycles. The third-order valence-electron chi connectivity index (χ3n) is 3.84. The van der Waals surface area contributed by atoms with E-state index in [2.05, 4.69) is 0 Å². The van der Waals surface area contributed by atoms with Crippen molar-refractivity contribution in [2.45, 2.75) is 0 Å². The van der Waals surface area contributed by atoms with Crippen LogP contribution in [0.1, 0.15) is 0 Å². The number of benzene rings is 2. The van der Waals surface area contributed by atoms with Gasteiger partial charge in [0.2, 0.25) is 16.9 Å². The first-order chi connectivity index (χ1) is 12.4. The van der Waals surface area contributed by atoms with Crippen molar-refractivity contribution < 1.29 is 33.9 Å². The molecular weight excluding hydrogens is 344 g/mol. The summed E-state index contributed by atoms with van der Waals surface area (Å²) in [5.74, 6) is -0.792. The Hall–Kier alpha value is -3.55. The van der Waals surface area contributed by atoms with Gasteiger partial charge in [0, 0.05) is 17.7 Å². The van der Waals surface area contributed by atoms with Gasteiger partial charge in [-0.15, -0.1) is 0 Å². The molecule has 0 saturated heterocycles. The molecule has 26 heavy (non-hydrogen) atoms. The molecule has 3 N–H and O–H groups in total. The molecule has 2 aromatic carbocycles. The Morgan fingerprint density at radius 3 is 2.15 bits per heavy atom. The lowest BCUT2D eigenvalue weighted by Gasteiger charge is -2.13. The Kier molecular flexibility index (Phi) is 4.25. The number of phenolic OH excluding ortho intramolecular Hbond substituents is 3. The molecule has 8 heteroatoms. The van der Waals surface area contributed by atoms with Gasteiger partial charge in [-0.25, -0.2) is 0 Å². The largest absolute Gasteiger partial charge is 0.508 e. The van der Waals surface area contributed by atoms with Crippen LogP contribution in [-0.2, 0) is 0 Å². The van der Waals surface area contributed by atoms with Crippen LogP contribution in [0.4, 0.5) is 0 Å². The van der Waals surface area contributed by atoms with Crippen LogP contribution in [0, 0.1) is 0 Å². The number of hydrogen-bond acceptors (Lipinski definition) is 8. The zero-order valence-corrected chi connectivity index (χ0v) is 14.2. The van der Waals surface area contributed by atoms with Crippen LogP contribution in [0.2, 0.25) is 0 Å². The van der Waals surface area contributed by atoms with Gasteiger partial charge in [0.15, 0.2) is 17.3 Å². The van der Waals surface area contributed by atoms with Crippen LogP contribution in [0.15, 0.2) is 33.5 Å². The minimum atomic E-state index is -0.629. The van der Waals surface area contributed by atoms with Crippen molar-refractivity contribution in [3.8, 4) is 45.8 Å². The van der Waals surface area contributed by atoms with E-state index in [-0.39, 0.29) is 51.0 Å². The fourth-order valence-corrected chi connectivity index (χ4v) is 2.72. The zero-order chi connectivity index (χ0) is 19.0. The van der Waals surface area contributed by atoms with Crippen molar-refractivity contribution in [1.29, 1.82) is 0 Å². The van der Waals surface area contributed by atoms with Crippen molar-refractivity contribution in [3.05, 3.63) is 34.5 Å². The monoisotopic (exact) mass is 360 g/mol. The molecule has 0 fully saturated rings. The van der Waals surface area contributed by atoms with Gasteiger partial charge in [0.1, 0.15) is 22.5 Å². The molecule has 1 heterocycles. The smallest absolute Gasteiger partial charge is 0.239 e. The SMILES string of the molecule is COc1cc(-c2oc3cc(O)cc(O)c3c(=O)c2OC)cc(O)c1OC. The average Bonchev–Trinajstić information content (AvgIpc) is 2.59. The van der Waals surface area contributed by atoms with Crippen LogP contribution in [0.3, 0.4) is 0 Å². The lowest BCUT2D eigenvalue weighted by atomic mass is 10.1. The number of hydrogen-bond donors (Lipinski definition) is 3. The zero-order valence-electron chi connectivity index (χ0n) is 14.2. The van der Waals surface area contributed by atoms with E-state index in [1.165, 1.54) is 39.5 Å². The molecule has 1 aromatic heterocycles. The summed E-state index contributed by atoms with van der Waals surface area (Å²) in [6.07, 6.45) is 0. The summed E-state index contributed by atoms with van der Waals surface area (Å²) in [6, 6.07) is 5.03. The predicted molar refractivity (Wildman–Crippen MR) is 92.6 cm³/mol. The van der Waals surface area contributed by atoms with E-state index in [9.17, 15) is 20.1 Å². The fraction of sp³-hybridized carbons (Fsp3) is 0.167. The Morgan fingerprint density at radius 1 is 0.846 bits per heavy atom. The van der Waals surface area contributed by atoms with Crippen LogP contribution in [-0.4, -0.2) is 36.6 Å². The molecular formula is C18H16O8. The molecule has 0 bridgehead atoms. The first-order valence-corrected chi connectivity index (χ1v) is 7.43. The maximum Gasteiger partial charge on any atom is 0.239 e. The highest BCUT2D eigenvalue weighted by Gasteiger charge is 2.22. The highest BCUT2D eigenvalue weighted by molar-refractivity contribution is 5.88. The van der Waals surface area contributed by atoms with E-state index in [1.807, 2.05) is 0 Å². The summed E-state index contributed by atoms with van der Waals surface area (Å²) in [5, 5.41) is 29.6. The summed E-state index contributed by atoms with van der Waals surface area (Å²) in [7, 11) is 4.05. The Morgan fingerprint density at radius 2 is 1.54 bits per heavy atom. The maximum absolute atomic E-state index is 12.7. The van der Waals surface area contributed by atoms with E-state index < -0.39 is 11.2 Å². The van der Waals surface area contributed by atoms with E-state index in [1.54, 1.807) is 0 Å². The number of phenols is 3. The second kappa shape index (κ2) is 6.40. The number of rotatable bonds is 4. The van der Waals surface area contributed by atoms with Gasteiger partial charge in [-0.05, 0) is 12.1 Å². The highest BCUT2D eigenvalue weighted by Crippen LogP contribution is 2.43. The molecule has 3 aromatic rings. The number of methoxy groups -OCH3 is 3. The summed E-state index contributed by atoms with van der Waals surface area (Å²) < 4.78 is 21.1. The molecule has 0 aliphatic rings. The Bertz CT molecular complexity index is 1050. The lowest BCUT2D eigenvalue weighted by molar-refractivity contribution is 0.333. The van der Waals surface area contributed by atoms with Crippen LogP contribution in [0.5, 0.6) is 34.5 Å². The standard InChI is InChI=1S/C18H16O8/c1-23-13-5-8(4-11(21)17(13)24-2)16-18(25-3)15(22)14-10(20)6-9(19)7-12(14)26-16/h4-7,19-21H,1-3H3. The molecule has 136 valence electrons. The third kappa shape index (κ3) is 2.61. The molecule has 0 amide bonds. The normalized spacial score (nSPS) is 10.7. The van der Waals surface area contributed by atoms with Gasteiger partial charge in [-0.2, -0.15) is 0 Å². The highest BCUT2D eigenvalue weighted by atomic mass is 16.5. The van der Waals surface area contributed by atoms with E-state index in [4.69, 9.17) is 18.6 Å². The molecule has 0 atom stereocenters. The molecule has 0 radical (unpaired) electrons. The van der Waals surface area contributed by atoms with Crippen LogP contribution < -0.4 is 19.6 Å². The van der Waals surface area contributed by atoms with Crippen molar-refractivity contribution in [2.24, 2.45) is 0 Å². The van der Waals surface area contributed by atoms with Gasteiger partial charge in [0.25, 0.3) is 0 Å². The maximum atomic E-state index is 12.7. The molecule has 0 aliphatic carbocycles. The lowest BCUT2D eigenvalue weighted by Crippen LogP contribution is -2.08. The van der Waals surface area contributed by atoms with E-state index in [0.29, 0.717) is 0 Å². The summed E-state index contributed by atoms with van der Waals surface area (Å²) >= 11 is 0. The molecule has 8 nitrogen and oxygen atoms in total. The third-order valence-corrected chi connectivity index (χ3v) is 3.84. The van der Waals surface area contributed by atoms with Crippen molar-refractivity contribution in [2.75, 3.05) is 21.3 Å². The van der Waals surface area contributed by atoms with Crippen LogP contribution in [0.25, 0.3) is 22.3 Å². The van der Waals surface area contributed by atoms with E-state index in [0.717, 1.165) is 6.07 Å². The Balaban J connectivity index is 2.39. The summed E-state index contributed by atoms with van der Waals surface area (Å²) in [6.45, 7) is 0. The van der Waals surface area contributed by atoms with Gasteiger partial charge in [-0.1, -0.05) is 0 Å². The number of fused-ring (bicyclic) bond motifs is 1. The molecule has 3 rings (SSSR count). The minimum absolute atomic E-state index is 0.00810. The van der Waals surface area contributed by atoms with Crippen LogP contribution >= 0.6 is 0 Å². The van der Waals surface area contributed by atoms with Crippen molar-refractivity contribution in [3.63, 3.8) is 0 Å². The predicted octanol–water partition coefficient (Wildman–Crippen LogP) is 2.60. The fourth-order valence-electron chi connectivity index (χ4n) is 2.72. The van der Waals surface area contributed by atoms with Gasteiger partial charge >= 0.3 is 0 Å². The second-order valence-corrected chi connectivity index (χ2v) is 5.36. The topological polar surface area (TPSA) is 119 Å². The van der Waals surface area contributed by atoms with E-state index >= 15 is 0 Å². The van der Waals surface area contributed by atoms with Gasteiger partial charge < -0.3 is 33.9 Å². The minimum Gasteiger partial charge on any atom is -0.508 e. The molecule has 0 unspecified atom stereocenters. The molecule has 0 spiro atoms. The van der Waals surface area contributed by atoms with Crippen molar-refractivity contribution in [1.82, 2.24) is 0 Å². The molecule has 0 aliphatic heterocycles. The van der Waals surface area contributed by atoms with Crippen molar-refractivity contribution >= 4 is 11.0 Å². The summed E-state index contributed by atoms with van der Waals surface area (Å²) in [5.41, 5.74) is -0.396. The number of aromatic hydroxyl groups is 3. The second-order valence-electron chi connectivity index (χ2n) is 5.36. The summed E-state index contributed by atoms with van der Waals surface area (Å²) in [4.78, 5) is 12.7. The first-order valence-electron chi connectivity index (χ1n) is 7.43. The first kappa shape index (κ1) is 17.3. The van der Waals surface area contributed by atoms with Gasteiger partial charge in [0.05, 0.1) is 21.3 Å². The number of ether oxygens (including phenoxy) is 3. The quantitative estimate of drug-likeness (QED) is 0.650. The van der Waals surface area contributed by atoms with Gasteiger partial charge in [-0.3, -0.25) is 4.79 Å².